The number of amides is 1. The first-order valence-corrected chi connectivity index (χ1v) is 6.72. The zero-order valence-electron chi connectivity index (χ0n) is 12.0. The largest absolute Gasteiger partial charge is 0.383 e. The van der Waals surface area contributed by atoms with E-state index in [0.717, 1.165) is 16.7 Å². The van der Waals surface area contributed by atoms with Crippen LogP contribution in [0.3, 0.4) is 0 Å². The van der Waals surface area contributed by atoms with Crippen molar-refractivity contribution in [3.63, 3.8) is 0 Å². The highest BCUT2D eigenvalue weighted by atomic mass is 16.5. The quantitative estimate of drug-likeness (QED) is 0.839. The number of aromatic nitrogens is 1. The van der Waals surface area contributed by atoms with Gasteiger partial charge in [0, 0.05) is 26.0 Å². The molecule has 2 rings (SSSR count). The van der Waals surface area contributed by atoms with Crippen LogP contribution in [0.5, 0.6) is 0 Å². The van der Waals surface area contributed by atoms with Gasteiger partial charge in [0.15, 0.2) is 0 Å². The Hall–Kier alpha value is -2.24. The molecule has 2 aromatic rings. The monoisotopic (exact) mass is 285 g/mol. The predicted octanol–water partition coefficient (Wildman–Crippen LogP) is 1.34. The molecule has 0 saturated heterocycles. The molecule has 1 atom stereocenters. The molecule has 0 fully saturated rings. The smallest absolute Gasteiger partial charge is 0.239 e. The van der Waals surface area contributed by atoms with Crippen LogP contribution in [0.25, 0.3) is 11.1 Å². The molecule has 0 aliphatic heterocycles. The van der Waals surface area contributed by atoms with Crippen LogP contribution in [-0.2, 0) is 16.1 Å². The Morgan fingerprint density at radius 1 is 1.29 bits per heavy atom. The average Bonchev–Trinajstić information content (AvgIpc) is 2.54. The highest BCUT2D eigenvalue weighted by Gasteiger charge is 2.12. The third-order valence-electron chi connectivity index (χ3n) is 3.10. The molecular formula is C16H19N3O2. The van der Waals surface area contributed by atoms with Crippen LogP contribution >= 0.6 is 0 Å². The van der Waals surface area contributed by atoms with Crippen LogP contribution in [-0.4, -0.2) is 30.6 Å². The zero-order chi connectivity index (χ0) is 15.1. The summed E-state index contributed by atoms with van der Waals surface area (Å²) in [5, 5.41) is 2.79. The van der Waals surface area contributed by atoms with E-state index in [9.17, 15) is 4.79 Å². The van der Waals surface area contributed by atoms with Crippen molar-refractivity contribution in [1.82, 2.24) is 10.3 Å². The van der Waals surface area contributed by atoms with Crippen LogP contribution in [0, 0.1) is 0 Å². The first kappa shape index (κ1) is 15.2. The lowest BCUT2D eigenvalue weighted by Crippen LogP contribution is -2.43. The number of hydrogen-bond acceptors (Lipinski definition) is 4. The minimum atomic E-state index is -0.635. The van der Waals surface area contributed by atoms with Crippen molar-refractivity contribution in [3.05, 3.63) is 54.4 Å². The third-order valence-corrected chi connectivity index (χ3v) is 3.10. The molecule has 1 heterocycles. The van der Waals surface area contributed by atoms with Crippen molar-refractivity contribution in [1.29, 1.82) is 0 Å². The number of nitrogens with two attached hydrogens (primary N) is 1. The molecule has 0 saturated carbocycles. The number of ether oxygens (including phenoxy) is 1. The fourth-order valence-corrected chi connectivity index (χ4v) is 1.92. The van der Waals surface area contributed by atoms with Gasteiger partial charge >= 0.3 is 0 Å². The Bertz CT molecular complexity index is 570. The third kappa shape index (κ3) is 4.37. The highest BCUT2D eigenvalue weighted by Crippen LogP contribution is 2.18. The summed E-state index contributed by atoms with van der Waals surface area (Å²) in [6.07, 6.45) is 3.57. The van der Waals surface area contributed by atoms with Gasteiger partial charge in [0.1, 0.15) is 6.04 Å². The summed E-state index contributed by atoms with van der Waals surface area (Å²) in [5.74, 6) is -0.215. The Kier molecular flexibility index (Phi) is 5.43. The lowest BCUT2D eigenvalue weighted by Gasteiger charge is -2.11. The van der Waals surface area contributed by atoms with E-state index in [-0.39, 0.29) is 12.5 Å². The maximum Gasteiger partial charge on any atom is 0.239 e. The molecular weight excluding hydrogens is 266 g/mol. The summed E-state index contributed by atoms with van der Waals surface area (Å²) in [5.41, 5.74) is 8.82. The lowest BCUT2D eigenvalue weighted by molar-refractivity contribution is -0.123. The molecule has 0 spiro atoms. The van der Waals surface area contributed by atoms with Crippen LogP contribution < -0.4 is 11.1 Å². The van der Waals surface area contributed by atoms with E-state index in [0.29, 0.717) is 6.54 Å². The summed E-state index contributed by atoms with van der Waals surface area (Å²) >= 11 is 0. The topological polar surface area (TPSA) is 77.2 Å². The number of methoxy groups -OCH3 is 1. The van der Waals surface area contributed by atoms with Crippen molar-refractivity contribution in [2.24, 2.45) is 5.73 Å². The molecule has 21 heavy (non-hydrogen) atoms. The number of nitrogens with one attached hydrogen (secondary N) is 1. The number of pyridine rings is 1. The van der Waals surface area contributed by atoms with E-state index in [1.807, 2.05) is 42.6 Å². The maximum atomic E-state index is 11.7. The number of hydrogen-bond donors (Lipinski definition) is 2. The Morgan fingerprint density at radius 3 is 2.67 bits per heavy atom. The van der Waals surface area contributed by atoms with Crippen molar-refractivity contribution in [2.75, 3.05) is 13.7 Å². The molecule has 0 aliphatic carbocycles. The van der Waals surface area contributed by atoms with Crippen LogP contribution in [0.15, 0.2) is 48.8 Å². The predicted molar refractivity (Wildman–Crippen MR) is 81.4 cm³/mol. The molecule has 0 radical (unpaired) electrons. The number of carbonyl (C=O) groups is 1. The molecule has 1 amide bonds. The number of rotatable bonds is 6. The molecule has 5 heteroatoms. The molecule has 0 bridgehead atoms. The molecule has 3 N–H and O–H groups in total. The maximum absolute atomic E-state index is 11.7. The average molecular weight is 285 g/mol. The van der Waals surface area contributed by atoms with Gasteiger partial charge in [-0.3, -0.25) is 9.78 Å². The molecule has 1 aromatic heterocycles. The first-order chi connectivity index (χ1) is 10.2. The number of carbonyl (C=O) groups excluding carboxylic acids is 1. The molecule has 0 aliphatic rings. The van der Waals surface area contributed by atoms with E-state index in [2.05, 4.69) is 10.3 Å². The highest BCUT2D eigenvalue weighted by molar-refractivity contribution is 5.81. The van der Waals surface area contributed by atoms with Gasteiger partial charge in [-0.25, -0.2) is 0 Å². The van der Waals surface area contributed by atoms with Crippen LogP contribution in [0.1, 0.15) is 5.56 Å². The summed E-state index contributed by atoms with van der Waals surface area (Å²) in [7, 11) is 1.52. The Balaban J connectivity index is 1.93. The van der Waals surface area contributed by atoms with Crippen molar-refractivity contribution in [3.8, 4) is 11.1 Å². The molecule has 1 aromatic carbocycles. The van der Waals surface area contributed by atoms with Crippen LogP contribution in [0.4, 0.5) is 0 Å². The van der Waals surface area contributed by atoms with Crippen LogP contribution in [0.2, 0.25) is 0 Å². The second-order valence-corrected chi connectivity index (χ2v) is 4.72. The second kappa shape index (κ2) is 7.52. The van der Waals surface area contributed by atoms with Crippen molar-refractivity contribution >= 4 is 5.91 Å². The fourth-order valence-electron chi connectivity index (χ4n) is 1.92. The van der Waals surface area contributed by atoms with Gasteiger partial charge in [-0.2, -0.15) is 0 Å². The van der Waals surface area contributed by atoms with E-state index in [4.69, 9.17) is 10.5 Å². The van der Waals surface area contributed by atoms with Gasteiger partial charge in [0.2, 0.25) is 5.91 Å². The van der Waals surface area contributed by atoms with Gasteiger partial charge in [-0.1, -0.05) is 30.3 Å². The van der Waals surface area contributed by atoms with E-state index >= 15 is 0 Å². The van der Waals surface area contributed by atoms with Gasteiger partial charge < -0.3 is 15.8 Å². The fraction of sp³-hybridized carbons (Fsp3) is 0.250. The summed E-state index contributed by atoms with van der Waals surface area (Å²) in [4.78, 5) is 15.8. The van der Waals surface area contributed by atoms with Crippen molar-refractivity contribution < 1.29 is 9.53 Å². The zero-order valence-corrected chi connectivity index (χ0v) is 12.0. The SMILES string of the molecule is COCC(N)C(=O)NCc1ccc(-c2cccnc2)cc1. The minimum absolute atomic E-state index is 0.214. The number of nitrogens with zero attached hydrogens (tertiary/aromatic N) is 1. The lowest BCUT2D eigenvalue weighted by atomic mass is 10.1. The van der Waals surface area contributed by atoms with Gasteiger partial charge in [0.05, 0.1) is 6.61 Å². The summed E-state index contributed by atoms with van der Waals surface area (Å²) < 4.78 is 4.85. The molecule has 1 unspecified atom stereocenters. The standard InChI is InChI=1S/C16H19N3O2/c1-21-11-15(17)16(20)19-9-12-4-6-13(7-5-12)14-3-2-8-18-10-14/h2-8,10,15H,9,11,17H2,1H3,(H,19,20). The van der Waals surface area contributed by atoms with Crippen molar-refractivity contribution in [2.45, 2.75) is 12.6 Å². The Morgan fingerprint density at radius 2 is 2.05 bits per heavy atom. The normalized spacial score (nSPS) is 11.9. The Labute approximate surface area is 124 Å². The second-order valence-electron chi connectivity index (χ2n) is 4.72. The minimum Gasteiger partial charge on any atom is -0.383 e. The summed E-state index contributed by atoms with van der Waals surface area (Å²) in [6, 6.07) is 11.2. The number of benzene rings is 1. The first-order valence-electron chi connectivity index (χ1n) is 6.72. The van der Waals surface area contributed by atoms with E-state index < -0.39 is 6.04 Å². The van der Waals surface area contributed by atoms with E-state index in [1.165, 1.54) is 7.11 Å². The van der Waals surface area contributed by atoms with Gasteiger partial charge in [-0.05, 0) is 22.8 Å². The summed E-state index contributed by atoms with van der Waals surface area (Å²) in [6.45, 7) is 0.662. The molecule has 5 nitrogen and oxygen atoms in total. The molecule has 110 valence electrons. The van der Waals surface area contributed by atoms with Gasteiger partial charge in [0.25, 0.3) is 0 Å². The van der Waals surface area contributed by atoms with E-state index in [1.54, 1.807) is 6.20 Å². The van der Waals surface area contributed by atoms with Gasteiger partial charge in [-0.15, -0.1) is 0 Å².